The lowest BCUT2D eigenvalue weighted by Gasteiger charge is -2.52. The molecule has 2 fully saturated rings. The van der Waals surface area contributed by atoms with E-state index in [-0.39, 0.29) is 0 Å². The first kappa shape index (κ1) is 14.4. The molecular formula is C21H28O. The molecule has 1 heteroatoms. The van der Waals surface area contributed by atoms with E-state index in [4.69, 9.17) is 4.74 Å². The number of rotatable bonds is 1. The summed E-state index contributed by atoms with van der Waals surface area (Å²) in [6.45, 7) is 9.40. The first-order chi connectivity index (χ1) is 10.5. The maximum Gasteiger partial charge on any atom is 0.119 e. The molecule has 4 rings (SSSR count). The van der Waals surface area contributed by atoms with Gasteiger partial charge in [0.25, 0.3) is 0 Å². The number of fused-ring (bicyclic) bond motifs is 5. The van der Waals surface area contributed by atoms with Crippen LogP contribution in [0, 0.1) is 23.2 Å². The van der Waals surface area contributed by atoms with Crippen molar-refractivity contribution in [3.05, 3.63) is 41.5 Å². The Kier molecular flexibility index (Phi) is 3.18. The zero-order valence-corrected chi connectivity index (χ0v) is 14.2. The van der Waals surface area contributed by atoms with Crippen LogP contribution in [0.3, 0.4) is 0 Å². The number of benzene rings is 1. The van der Waals surface area contributed by atoms with E-state index in [1.165, 1.54) is 43.2 Å². The van der Waals surface area contributed by atoms with Gasteiger partial charge in [0.1, 0.15) is 5.75 Å². The van der Waals surface area contributed by atoms with Gasteiger partial charge in [-0.3, -0.25) is 0 Å². The SMILES string of the molecule is C=C1CC[C@@H]2[C@@H]3[C@H](C)Cc4cc(OC)ccc4[C@H]3CC[C@]12C. The molecule has 0 amide bonds. The number of ether oxygens (including phenoxy) is 1. The third-order valence-corrected chi connectivity index (χ3v) is 7.24. The van der Waals surface area contributed by atoms with Crippen LogP contribution in [0.15, 0.2) is 30.4 Å². The van der Waals surface area contributed by atoms with Crippen molar-refractivity contribution in [1.82, 2.24) is 0 Å². The van der Waals surface area contributed by atoms with Crippen LogP contribution >= 0.6 is 0 Å². The second-order valence-electron chi connectivity index (χ2n) is 8.13. The summed E-state index contributed by atoms with van der Waals surface area (Å²) in [6, 6.07) is 6.79. The normalized spacial score (nSPS) is 39.9. The summed E-state index contributed by atoms with van der Waals surface area (Å²) < 4.78 is 5.44. The van der Waals surface area contributed by atoms with Crippen LogP contribution in [-0.2, 0) is 6.42 Å². The molecule has 0 radical (unpaired) electrons. The maximum atomic E-state index is 5.44. The number of methoxy groups -OCH3 is 1. The Morgan fingerprint density at radius 3 is 2.86 bits per heavy atom. The summed E-state index contributed by atoms with van der Waals surface area (Å²) in [4.78, 5) is 0. The molecule has 0 N–H and O–H groups in total. The summed E-state index contributed by atoms with van der Waals surface area (Å²) >= 11 is 0. The van der Waals surface area contributed by atoms with Crippen molar-refractivity contribution in [2.75, 3.05) is 7.11 Å². The van der Waals surface area contributed by atoms with Crippen molar-refractivity contribution < 1.29 is 4.74 Å². The number of hydrogen-bond donors (Lipinski definition) is 0. The Balaban J connectivity index is 1.75. The Morgan fingerprint density at radius 2 is 2.09 bits per heavy atom. The molecule has 0 spiro atoms. The van der Waals surface area contributed by atoms with E-state index >= 15 is 0 Å². The van der Waals surface area contributed by atoms with E-state index in [0.29, 0.717) is 5.41 Å². The second kappa shape index (κ2) is 4.88. The monoisotopic (exact) mass is 296 g/mol. The van der Waals surface area contributed by atoms with E-state index in [1.807, 2.05) is 0 Å². The van der Waals surface area contributed by atoms with Crippen LogP contribution in [0.25, 0.3) is 0 Å². The highest BCUT2D eigenvalue weighted by Crippen LogP contribution is 2.63. The van der Waals surface area contributed by atoms with Gasteiger partial charge >= 0.3 is 0 Å². The van der Waals surface area contributed by atoms with Gasteiger partial charge < -0.3 is 4.74 Å². The molecule has 1 aromatic rings. The van der Waals surface area contributed by atoms with E-state index in [1.54, 1.807) is 12.7 Å². The highest BCUT2D eigenvalue weighted by atomic mass is 16.5. The van der Waals surface area contributed by atoms with Gasteiger partial charge in [0.05, 0.1) is 7.11 Å². The zero-order chi connectivity index (χ0) is 15.5. The van der Waals surface area contributed by atoms with Crippen LogP contribution in [0.1, 0.15) is 56.6 Å². The minimum atomic E-state index is 0.416. The van der Waals surface area contributed by atoms with Gasteiger partial charge in [-0.15, -0.1) is 0 Å². The Morgan fingerprint density at radius 1 is 1.27 bits per heavy atom. The lowest BCUT2D eigenvalue weighted by Crippen LogP contribution is -2.43. The molecule has 0 heterocycles. The van der Waals surface area contributed by atoms with Gasteiger partial charge in [-0.2, -0.15) is 0 Å². The number of hydrogen-bond acceptors (Lipinski definition) is 1. The molecule has 118 valence electrons. The van der Waals surface area contributed by atoms with Crippen molar-refractivity contribution in [2.24, 2.45) is 23.2 Å². The van der Waals surface area contributed by atoms with Crippen molar-refractivity contribution in [2.45, 2.75) is 51.9 Å². The van der Waals surface area contributed by atoms with E-state index in [9.17, 15) is 0 Å². The molecular weight excluding hydrogens is 268 g/mol. The van der Waals surface area contributed by atoms with Crippen LogP contribution in [0.5, 0.6) is 5.75 Å². The lowest BCUT2D eigenvalue weighted by molar-refractivity contribution is 0.0492. The van der Waals surface area contributed by atoms with Gasteiger partial charge in [0, 0.05) is 0 Å². The summed E-state index contributed by atoms with van der Waals surface area (Å²) in [5, 5.41) is 0. The summed E-state index contributed by atoms with van der Waals surface area (Å²) in [7, 11) is 1.77. The summed E-state index contributed by atoms with van der Waals surface area (Å²) in [5.74, 6) is 4.25. The van der Waals surface area contributed by atoms with Gasteiger partial charge in [-0.1, -0.05) is 32.1 Å². The first-order valence-electron chi connectivity index (χ1n) is 8.89. The molecule has 0 saturated heterocycles. The van der Waals surface area contributed by atoms with Crippen LogP contribution in [0.2, 0.25) is 0 Å². The quantitative estimate of drug-likeness (QED) is 0.634. The molecule has 2 saturated carbocycles. The number of allylic oxidation sites excluding steroid dienone is 1. The molecule has 3 aliphatic carbocycles. The molecule has 0 aromatic heterocycles. The van der Waals surface area contributed by atoms with Crippen molar-refractivity contribution in [3.8, 4) is 5.75 Å². The molecule has 0 bridgehead atoms. The zero-order valence-electron chi connectivity index (χ0n) is 14.2. The molecule has 22 heavy (non-hydrogen) atoms. The smallest absolute Gasteiger partial charge is 0.119 e. The third kappa shape index (κ3) is 1.84. The highest BCUT2D eigenvalue weighted by Gasteiger charge is 2.53. The third-order valence-electron chi connectivity index (χ3n) is 7.24. The standard InChI is InChI=1S/C21H28O/c1-13-11-15-12-16(22-4)6-7-17(15)18-9-10-21(3)14(2)5-8-19(21)20(13)18/h6-7,12-13,18-20H,2,5,8-11H2,1,3-4H3/t13-,18-,19-,20-,21-/m1/s1. The average Bonchev–Trinajstić information content (AvgIpc) is 2.82. The molecule has 1 nitrogen and oxygen atoms in total. The lowest BCUT2D eigenvalue weighted by atomic mass is 9.52. The summed E-state index contributed by atoms with van der Waals surface area (Å²) in [5.41, 5.74) is 5.10. The predicted octanol–water partition coefficient (Wildman–Crippen LogP) is 5.35. The topological polar surface area (TPSA) is 9.23 Å². The molecule has 0 aliphatic heterocycles. The van der Waals surface area contributed by atoms with Gasteiger partial charge in [-0.25, -0.2) is 0 Å². The van der Waals surface area contributed by atoms with E-state index in [0.717, 1.165) is 29.4 Å². The van der Waals surface area contributed by atoms with Gasteiger partial charge in [0.15, 0.2) is 0 Å². The largest absolute Gasteiger partial charge is 0.497 e. The second-order valence-corrected chi connectivity index (χ2v) is 8.13. The minimum Gasteiger partial charge on any atom is -0.497 e. The van der Waals surface area contributed by atoms with Crippen LogP contribution in [-0.4, -0.2) is 7.11 Å². The fourth-order valence-electron chi connectivity index (χ4n) is 5.99. The van der Waals surface area contributed by atoms with Gasteiger partial charge in [0.2, 0.25) is 0 Å². The predicted molar refractivity (Wildman–Crippen MR) is 91.3 cm³/mol. The van der Waals surface area contributed by atoms with E-state index in [2.05, 4.69) is 38.6 Å². The molecule has 5 atom stereocenters. The Bertz CT molecular complexity index is 616. The molecule has 0 unspecified atom stereocenters. The van der Waals surface area contributed by atoms with Crippen LogP contribution < -0.4 is 4.74 Å². The van der Waals surface area contributed by atoms with Crippen molar-refractivity contribution in [1.29, 1.82) is 0 Å². The molecule has 1 aromatic carbocycles. The molecule has 3 aliphatic rings. The van der Waals surface area contributed by atoms with Crippen molar-refractivity contribution in [3.63, 3.8) is 0 Å². The highest BCUT2D eigenvalue weighted by molar-refractivity contribution is 5.41. The average molecular weight is 296 g/mol. The fraction of sp³-hybridized carbons (Fsp3) is 0.619. The first-order valence-corrected chi connectivity index (χ1v) is 8.89. The van der Waals surface area contributed by atoms with Gasteiger partial charge in [-0.05, 0) is 84.5 Å². The maximum absolute atomic E-state index is 5.44. The van der Waals surface area contributed by atoms with Crippen molar-refractivity contribution >= 4 is 0 Å². The Hall–Kier alpha value is -1.24. The van der Waals surface area contributed by atoms with Crippen LogP contribution in [0.4, 0.5) is 0 Å². The minimum absolute atomic E-state index is 0.416. The fourth-order valence-corrected chi connectivity index (χ4v) is 5.99. The summed E-state index contributed by atoms with van der Waals surface area (Å²) in [6.07, 6.45) is 6.50. The van der Waals surface area contributed by atoms with E-state index < -0.39 is 0 Å². The Labute approximate surface area is 134 Å².